The molecule has 0 aliphatic carbocycles. The van der Waals surface area contributed by atoms with Gasteiger partial charge >= 0.3 is 0 Å². The second-order valence-electron chi connectivity index (χ2n) is 4.38. The normalized spacial score (nSPS) is 17.1. The van der Waals surface area contributed by atoms with Gasteiger partial charge in [0.1, 0.15) is 0 Å². The van der Waals surface area contributed by atoms with E-state index in [1.165, 1.54) is 37.1 Å². The smallest absolute Gasteiger partial charge is 0.0173 e. The molecule has 0 N–H and O–H groups in total. The molecule has 1 aliphatic rings. The Kier molecular flexibility index (Phi) is 3.44. The van der Waals surface area contributed by atoms with Crippen molar-refractivity contribution in [2.75, 3.05) is 13.1 Å². The maximum absolute atomic E-state index is 2.44. The van der Waals surface area contributed by atoms with Crippen LogP contribution in [-0.2, 0) is 6.42 Å². The third-order valence-electron chi connectivity index (χ3n) is 2.87. The highest BCUT2D eigenvalue weighted by atomic mass is 15.1. The van der Waals surface area contributed by atoms with Gasteiger partial charge in [-0.2, -0.15) is 0 Å². The Morgan fingerprint density at radius 3 is 2.53 bits per heavy atom. The van der Waals surface area contributed by atoms with Crippen LogP contribution >= 0.6 is 0 Å². The molecule has 80 valence electrons. The number of likely N-dealkylation sites (tertiary alicyclic amines) is 1. The van der Waals surface area contributed by atoms with Crippen molar-refractivity contribution in [3.8, 4) is 0 Å². The molecule has 1 fully saturated rings. The molecule has 2 rings (SSSR count). The molecular weight excluding hydrogens is 182 g/mol. The number of hydrogen-bond donors (Lipinski definition) is 0. The van der Waals surface area contributed by atoms with E-state index in [4.69, 9.17) is 0 Å². The molecule has 1 heteroatoms. The highest BCUT2D eigenvalue weighted by Gasteiger charge is 2.07. The average molecular weight is 201 g/mol. The number of allylic oxidation sites excluding steroid dienone is 1. The standard InChI is InChI=1S/C14H19N/c1-13(12-15-9-5-6-10-15)11-14-7-3-2-4-8-14/h2-4,7-8,12H,5-6,9-11H2,1H3. The zero-order chi connectivity index (χ0) is 10.5. The highest BCUT2D eigenvalue weighted by Crippen LogP contribution is 2.12. The van der Waals surface area contributed by atoms with E-state index in [2.05, 4.69) is 48.4 Å². The van der Waals surface area contributed by atoms with Gasteiger partial charge < -0.3 is 4.90 Å². The van der Waals surface area contributed by atoms with Crippen molar-refractivity contribution >= 4 is 0 Å². The molecule has 1 saturated heterocycles. The van der Waals surface area contributed by atoms with Gasteiger partial charge in [0.25, 0.3) is 0 Å². The first kappa shape index (κ1) is 10.3. The molecule has 0 unspecified atom stereocenters. The lowest BCUT2D eigenvalue weighted by Crippen LogP contribution is -2.11. The van der Waals surface area contributed by atoms with Gasteiger partial charge in [-0.1, -0.05) is 35.9 Å². The summed E-state index contributed by atoms with van der Waals surface area (Å²) in [5, 5.41) is 0. The quantitative estimate of drug-likeness (QED) is 0.725. The van der Waals surface area contributed by atoms with Crippen LogP contribution in [0.4, 0.5) is 0 Å². The molecule has 0 aromatic heterocycles. The van der Waals surface area contributed by atoms with Crippen molar-refractivity contribution in [2.45, 2.75) is 26.2 Å². The Morgan fingerprint density at radius 1 is 1.20 bits per heavy atom. The number of hydrogen-bond acceptors (Lipinski definition) is 1. The Labute approximate surface area is 92.4 Å². The zero-order valence-electron chi connectivity index (χ0n) is 9.45. The molecule has 1 aromatic rings. The number of nitrogens with zero attached hydrogens (tertiary/aromatic N) is 1. The van der Waals surface area contributed by atoms with Crippen molar-refractivity contribution in [2.24, 2.45) is 0 Å². The van der Waals surface area contributed by atoms with Crippen LogP contribution in [-0.4, -0.2) is 18.0 Å². The SMILES string of the molecule is CC(=CN1CCCC1)Cc1ccccc1. The summed E-state index contributed by atoms with van der Waals surface area (Å²) >= 11 is 0. The van der Waals surface area contributed by atoms with Crippen LogP contribution in [0, 0.1) is 0 Å². The van der Waals surface area contributed by atoms with Crippen LogP contribution in [0.2, 0.25) is 0 Å². The second-order valence-corrected chi connectivity index (χ2v) is 4.38. The minimum absolute atomic E-state index is 1.08. The summed E-state index contributed by atoms with van der Waals surface area (Å²) in [5.74, 6) is 0. The lowest BCUT2D eigenvalue weighted by Gasteiger charge is -2.13. The highest BCUT2D eigenvalue weighted by molar-refractivity contribution is 5.20. The Hall–Kier alpha value is -1.24. The van der Waals surface area contributed by atoms with Crippen LogP contribution < -0.4 is 0 Å². The van der Waals surface area contributed by atoms with Crippen molar-refractivity contribution in [3.63, 3.8) is 0 Å². The van der Waals surface area contributed by atoms with Gasteiger partial charge in [-0.15, -0.1) is 0 Å². The number of benzene rings is 1. The van der Waals surface area contributed by atoms with Crippen molar-refractivity contribution < 1.29 is 0 Å². The molecule has 0 spiro atoms. The van der Waals surface area contributed by atoms with Crippen molar-refractivity contribution in [3.05, 3.63) is 47.7 Å². The van der Waals surface area contributed by atoms with E-state index in [0.29, 0.717) is 0 Å². The molecular formula is C14H19N. The maximum Gasteiger partial charge on any atom is 0.0173 e. The summed E-state index contributed by atoms with van der Waals surface area (Å²) < 4.78 is 0. The van der Waals surface area contributed by atoms with Gasteiger partial charge in [0, 0.05) is 13.1 Å². The number of rotatable bonds is 3. The Bertz CT molecular complexity index is 320. The third kappa shape index (κ3) is 3.12. The molecule has 1 aromatic carbocycles. The summed E-state index contributed by atoms with van der Waals surface area (Å²) in [6, 6.07) is 10.7. The summed E-state index contributed by atoms with van der Waals surface area (Å²) in [7, 11) is 0. The van der Waals surface area contributed by atoms with E-state index in [1.807, 2.05) is 0 Å². The summed E-state index contributed by atoms with van der Waals surface area (Å²) in [6.45, 7) is 4.71. The largest absolute Gasteiger partial charge is 0.377 e. The fraction of sp³-hybridized carbons (Fsp3) is 0.429. The third-order valence-corrected chi connectivity index (χ3v) is 2.87. The Balaban J connectivity index is 1.94. The van der Waals surface area contributed by atoms with Gasteiger partial charge in [0.15, 0.2) is 0 Å². The molecule has 0 radical (unpaired) electrons. The van der Waals surface area contributed by atoms with E-state index < -0.39 is 0 Å². The zero-order valence-corrected chi connectivity index (χ0v) is 9.45. The van der Waals surface area contributed by atoms with Crippen LogP contribution in [0.1, 0.15) is 25.3 Å². The van der Waals surface area contributed by atoms with Crippen LogP contribution in [0.5, 0.6) is 0 Å². The lowest BCUT2D eigenvalue weighted by molar-refractivity contribution is 0.463. The predicted octanol–water partition coefficient (Wildman–Crippen LogP) is 3.23. The molecule has 0 amide bonds. The van der Waals surface area contributed by atoms with E-state index >= 15 is 0 Å². The van der Waals surface area contributed by atoms with Crippen LogP contribution in [0.15, 0.2) is 42.1 Å². The van der Waals surface area contributed by atoms with Gasteiger partial charge in [-0.3, -0.25) is 0 Å². The minimum Gasteiger partial charge on any atom is -0.377 e. The fourth-order valence-electron chi connectivity index (χ4n) is 2.15. The first-order valence-corrected chi connectivity index (χ1v) is 5.80. The van der Waals surface area contributed by atoms with Gasteiger partial charge in [-0.05, 0) is 37.9 Å². The van der Waals surface area contributed by atoms with Gasteiger partial charge in [0.2, 0.25) is 0 Å². The van der Waals surface area contributed by atoms with Crippen molar-refractivity contribution in [1.82, 2.24) is 4.90 Å². The fourth-order valence-corrected chi connectivity index (χ4v) is 2.15. The van der Waals surface area contributed by atoms with Crippen LogP contribution in [0.3, 0.4) is 0 Å². The molecule has 0 saturated carbocycles. The lowest BCUT2D eigenvalue weighted by atomic mass is 10.1. The molecule has 0 bridgehead atoms. The molecule has 15 heavy (non-hydrogen) atoms. The first-order valence-electron chi connectivity index (χ1n) is 5.80. The summed E-state index contributed by atoms with van der Waals surface area (Å²) in [4.78, 5) is 2.44. The monoisotopic (exact) mass is 201 g/mol. The minimum atomic E-state index is 1.08. The van der Waals surface area contributed by atoms with E-state index in [0.717, 1.165) is 6.42 Å². The van der Waals surface area contributed by atoms with Crippen LogP contribution in [0.25, 0.3) is 0 Å². The van der Waals surface area contributed by atoms with Gasteiger partial charge in [0.05, 0.1) is 0 Å². The van der Waals surface area contributed by atoms with Crippen molar-refractivity contribution in [1.29, 1.82) is 0 Å². The predicted molar refractivity (Wildman–Crippen MR) is 64.7 cm³/mol. The maximum atomic E-state index is 2.44. The van der Waals surface area contributed by atoms with Gasteiger partial charge in [-0.25, -0.2) is 0 Å². The Morgan fingerprint density at radius 2 is 1.87 bits per heavy atom. The molecule has 0 atom stereocenters. The molecule has 1 aliphatic heterocycles. The van der Waals surface area contributed by atoms with E-state index in [-0.39, 0.29) is 0 Å². The average Bonchev–Trinajstić information content (AvgIpc) is 2.71. The van der Waals surface area contributed by atoms with E-state index in [9.17, 15) is 0 Å². The first-order chi connectivity index (χ1) is 7.34. The van der Waals surface area contributed by atoms with E-state index in [1.54, 1.807) is 0 Å². The summed E-state index contributed by atoms with van der Waals surface area (Å²) in [6.07, 6.45) is 6.13. The molecule has 1 heterocycles. The second kappa shape index (κ2) is 5.01. The topological polar surface area (TPSA) is 3.24 Å². The summed E-state index contributed by atoms with van der Waals surface area (Å²) in [5.41, 5.74) is 2.87. The molecule has 1 nitrogen and oxygen atoms in total.